The van der Waals surface area contributed by atoms with Crippen LogP contribution in [0.4, 0.5) is 10.5 Å². The van der Waals surface area contributed by atoms with Crippen LogP contribution in [0.2, 0.25) is 0 Å². The van der Waals surface area contributed by atoms with Crippen LogP contribution < -0.4 is 5.32 Å². The number of anilines is 1. The second kappa shape index (κ2) is 10.2. The van der Waals surface area contributed by atoms with Crippen molar-refractivity contribution in [3.05, 3.63) is 65.4 Å². The number of urea groups is 1. The Morgan fingerprint density at radius 1 is 1.29 bits per heavy atom. The first-order chi connectivity index (χ1) is 13.6. The summed E-state index contributed by atoms with van der Waals surface area (Å²) >= 11 is 3.25. The van der Waals surface area contributed by atoms with Crippen LogP contribution >= 0.6 is 23.1 Å². The number of nitrogens with zero attached hydrogens (tertiary/aromatic N) is 3. The summed E-state index contributed by atoms with van der Waals surface area (Å²) < 4.78 is 6.15. The van der Waals surface area contributed by atoms with Gasteiger partial charge < -0.3 is 15.0 Å². The fraction of sp³-hybridized carbons (Fsp3) is 0.250. The molecule has 1 N–H and O–H groups in total. The summed E-state index contributed by atoms with van der Waals surface area (Å²) in [6.07, 6.45) is 3.48. The zero-order valence-corrected chi connectivity index (χ0v) is 17.4. The normalized spacial score (nSPS) is 10.6. The van der Waals surface area contributed by atoms with Gasteiger partial charge in [0.25, 0.3) is 0 Å². The van der Waals surface area contributed by atoms with Crippen molar-refractivity contribution in [2.75, 3.05) is 25.6 Å². The number of hydrogen-bond acceptors (Lipinski definition) is 6. The van der Waals surface area contributed by atoms with Gasteiger partial charge in [-0.15, -0.1) is 11.3 Å². The van der Waals surface area contributed by atoms with Gasteiger partial charge in [0.1, 0.15) is 0 Å². The smallest absolute Gasteiger partial charge is 0.322 e. The molecular weight excluding hydrogens is 392 g/mol. The van der Waals surface area contributed by atoms with Crippen molar-refractivity contribution in [2.45, 2.75) is 22.7 Å². The van der Waals surface area contributed by atoms with Gasteiger partial charge in [0, 0.05) is 54.2 Å². The van der Waals surface area contributed by atoms with Crippen molar-refractivity contribution in [1.82, 2.24) is 14.9 Å². The quantitative estimate of drug-likeness (QED) is 0.580. The van der Waals surface area contributed by atoms with Gasteiger partial charge in [0.2, 0.25) is 0 Å². The van der Waals surface area contributed by atoms with E-state index in [0.29, 0.717) is 19.7 Å². The number of aromatic nitrogens is 2. The van der Waals surface area contributed by atoms with E-state index >= 15 is 0 Å². The van der Waals surface area contributed by atoms with E-state index in [9.17, 15) is 4.79 Å². The summed E-state index contributed by atoms with van der Waals surface area (Å²) in [6.45, 7) is 3.42. The Balaban J connectivity index is 1.61. The standard InChI is InChI=1S/C20H22N4O2S2/c1-15-14-27-20(22-15)28-18-7-5-17(6-8-18)23-19(25)24(10-11-26-2)13-16-4-3-9-21-12-16/h3-9,12,14H,10-11,13H2,1-2H3,(H,23,25). The van der Waals surface area contributed by atoms with E-state index in [1.54, 1.807) is 47.5 Å². The number of carbonyl (C=O) groups is 1. The van der Waals surface area contributed by atoms with Crippen LogP contribution in [0.25, 0.3) is 0 Å². The average Bonchev–Trinajstić information content (AvgIpc) is 3.12. The number of thiazole rings is 1. The summed E-state index contributed by atoms with van der Waals surface area (Å²) in [5, 5.41) is 4.99. The van der Waals surface area contributed by atoms with E-state index in [-0.39, 0.29) is 6.03 Å². The first-order valence-electron chi connectivity index (χ1n) is 8.78. The molecule has 1 aromatic carbocycles. The molecule has 0 aliphatic carbocycles. The van der Waals surface area contributed by atoms with Gasteiger partial charge in [-0.1, -0.05) is 17.8 Å². The maximum Gasteiger partial charge on any atom is 0.322 e. The zero-order valence-electron chi connectivity index (χ0n) is 15.8. The molecular formula is C20H22N4O2S2. The predicted octanol–water partition coefficient (Wildman–Crippen LogP) is 4.68. The predicted molar refractivity (Wildman–Crippen MR) is 113 cm³/mol. The molecule has 0 aliphatic rings. The van der Waals surface area contributed by atoms with Crippen LogP contribution in [0.15, 0.2) is 63.4 Å². The minimum atomic E-state index is -0.170. The number of rotatable bonds is 8. The third-order valence-electron chi connectivity index (χ3n) is 3.86. The maximum absolute atomic E-state index is 12.7. The summed E-state index contributed by atoms with van der Waals surface area (Å²) in [4.78, 5) is 24.1. The Bertz CT molecular complexity index is 885. The van der Waals surface area contributed by atoms with E-state index in [4.69, 9.17) is 4.74 Å². The third-order valence-corrected chi connectivity index (χ3v) is 5.92. The maximum atomic E-state index is 12.7. The van der Waals surface area contributed by atoms with E-state index in [2.05, 4.69) is 15.3 Å². The van der Waals surface area contributed by atoms with Crippen LogP contribution in [0.3, 0.4) is 0 Å². The van der Waals surface area contributed by atoms with Crippen molar-refractivity contribution >= 4 is 34.8 Å². The minimum absolute atomic E-state index is 0.170. The number of carbonyl (C=O) groups excluding carboxylic acids is 1. The number of benzene rings is 1. The van der Waals surface area contributed by atoms with Crippen molar-refractivity contribution in [1.29, 1.82) is 0 Å². The van der Waals surface area contributed by atoms with Gasteiger partial charge in [-0.25, -0.2) is 9.78 Å². The summed E-state index contributed by atoms with van der Waals surface area (Å²) in [6, 6.07) is 11.4. The highest BCUT2D eigenvalue weighted by Gasteiger charge is 2.14. The van der Waals surface area contributed by atoms with Crippen LogP contribution in [-0.4, -0.2) is 41.2 Å². The summed E-state index contributed by atoms with van der Waals surface area (Å²) in [5.74, 6) is 0. The Labute approximate surface area is 173 Å². The van der Waals surface area contributed by atoms with E-state index in [1.807, 2.05) is 48.7 Å². The van der Waals surface area contributed by atoms with E-state index < -0.39 is 0 Å². The molecule has 28 heavy (non-hydrogen) atoms. The number of nitrogens with one attached hydrogen (secondary N) is 1. The molecule has 0 aliphatic heterocycles. The van der Waals surface area contributed by atoms with Crippen LogP contribution in [0.5, 0.6) is 0 Å². The Morgan fingerprint density at radius 3 is 2.75 bits per heavy atom. The third kappa shape index (κ3) is 6.05. The van der Waals surface area contributed by atoms with Gasteiger partial charge in [0.05, 0.1) is 6.61 Å². The molecule has 2 amide bonds. The lowest BCUT2D eigenvalue weighted by Gasteiger charge is -2.23. The number of pyridine rings is 1. The fourth-order valence-electron chi connectivity index (χ4n) is 2.45. The molecule has 0 fully saturated rings. The number of hydrogen-bond donors (Lipinski definition) is 1. The van der Waals surface area contributed by atoms with Crippen molar-refractivity contribution in [3.8, 4) is 0 Å². The highest BCUT2D eigenvalue weighted by Crippen LogP contribution is 2.30. The summed E-state index contributed by atoms with van der Waals surface area (Å²) in [7, 11) is 1.63. The Morgan fingerprint density at radius 2 is 2.11 bits per heavy atom. The minimum Gasteiger partial charge on any atom is -0.383 e. The van der Waals surface area contributed by atoms with Crippen molar-refractivity contribution in [2.24, 2.45) is 0 Å². The molecule has 0 saturated carbocycles. The van der Waals surface area contributed by atoms with E-state index in [1.165, 1.54) is 0 Å². The summed E-state index contributed by atoms with van der Waals surface area (Å²) in [5.41, 5.74) is 2.75. The highest BCUT2D eigenvalue weighted by atomic mass is 32.2. The number of ether oxygens (including phenoxy) is 1. The van der Waals surface area contributed by atoms with Gasteiger partial charge in [-0.2, -0.15) is 0 Å². The lowest BCUT2D eigenvalue weighted by molar-refractivity contribution is 0.153. The molecule has 0 spiro atoms. The van der Waals surface area contributed by atoms with Crippen molar-refractivity contribution in [3.63, 3.8) is 0 Å². The first-order valence-corrected chi connectivity index (χ1v) is 10.5. The molecule has 0 bridgehead atoms. The van der Waals surface area contributed by atoms with Crippen molar-refractivity contribution < 1.29 is 9.53 Å². The number of methoxy groups -OCH3 is 1. The van der Waals surface area contributed by atoms with Gasteiger partial charge in [0.15, 0.2) is 4.34 Å². The highest BCUT2D eigenvalue weighted by molar-refractivity contribution is 8.01. The Kier molecular flexibility index (Phi) is 7.41. The lowest BCUT2D eigenvalue weighted by atomic mass is 10.2. The largest absolute Gasteiger partial charge is 0.383 e. The molecule has 3 rings (SSSR count). The molecule has 0 saturated heterocycles. The van der Waals surface area contributed by atoms with Gasteiger partial charge >= 0.3 is 6.03 Å². The molecule has 0 unspecified atom stereocenters. The van der Waals surface area contributed by atoms with Gasteiger partial charge in [-0.05, 0) is 42.8 Å². The van der Waals surface area contributed by atoms with Gasteiger partial charge in [-0.3, -0.25) is 4.98 Å². The lowest BCUT2D eigenvalue weighted by Crippen LogP contribution is -2.36. The monoisotopic (exact) mass is 414 g/mol. The molecule has 2 heterocycles. The topological polar surface area (TPSA) is 67.3 Å². The molecule has 0 atom stereocenters. The number of amides is 2. The molecule has 6 nitrogen and oxygen atoms in total. The molecule has 8 heteroatoms. The molecule has 0 radical (unpaired) electrons. The molecule has 2 aromatic heterocycles. The fourth-order valence-corrected chi connectivity index (χ4v) is 4.26. The Hall–Kier alpha value is -2.42. The average molecular weight is 415 g/mol. The van der Waals surface area contributed by atoms with Crippen LogP contribution in [0.1, 0.15) is 11.3 Å². The van der Waals surface area contributed by atoms with E-state index in [0.717, 1.165) is 26.2 Å². The second-order valence-corrected chi connectivity index (χ2v) is 8.27. The second-order valence-electron chi connectivity index (χ2n) is 6.09. The van der Waals surface area contributed by atoms with Crippen LogP contribution in [-0.2, 0) is 11.3 Å². The molecule has 146 valence electrons. The zero-order chi connectivity index (χ0) is 19.8. The molecule has 3 aromatic rings. The first kappa shape index (κ1) is 20.3. The number of aryl methyl sites for hydroxylation is 1. The SMILES string of the molecule is COCCN(Cc1cccnc1)C(=O)Nc1ccc(Sc2nc(C)cs2)cc1. The van der Waals surface area contributed by atoms with Crippen LogP contribution in [0, 0.1) is 6.92 Å².